The molecule has 1 fully saturated rings. The van der Waals surface area contributed by atoms with Crippen LogP contribution in [0.15, 0.2) is 4.99 Å². The lowest BCUT2D eigenvalue weighted by molar-refractivity contribution is 0.148. The lowest BCUT2D eigenvalue weighted by Gasteiger charge is -2.39. The zero-order valence-corrected chi connectivity index (χ0v) is 10.6. The first-order valence-electron chi connectivity index (χ1n) is 6.00. The quantitative estimate of drug-likeness (QED) is 0.533. The number of guanidine groups is 1. The molecule has 0 saturated carbocycles. The number of hydrogen-bond acceptors (Lipinski definition) is 1. The fourth-order valence-corrected chi connectivity index (χ4v) is 2.24. The molecule has 0 aromatic carbocycles. The fourth-order valence-electron chi connectivity index (χ4n) is 2.24. The van der Waals surface area contributed by atoms with Crippen LogP contribution < -0.4 is 5.73 Å². The van der Waals surface area contributed by atoms with Gasteiger partial charge in [-0.05, 0) is 31.1 Å². The minimum absolute atomic E-state index is 0.433. The number of likely N-dealkylation sites (tertiary alicyclic amines) is 1. The third kappa shape index (κ3) is 3.40. The van der Waals surface area contributed by atoms with Crippen LogP contribution in [0.1, 0.15) is 40.5 Å². The van der Waals surface area contributed by atoms with Crippen molar-refractivity contribution >= 4 is 5.96 Å². The van der Waals surface area contributed by atoms with Crippen molar-refractivity contribution in [3.8, 4) is 0 Å². The highest BCUT2D eigenvalue weighted by atomic mass is 15.3. The Bertz CT molecular complexity index is 220. The van der Waals surface area contributed by atoms with E-state index in [1.807, 2.05) is 6.92 Å². The molecule has 1 rings (SSSR count). The first-order valence-corrected chi connectivity index (χ1v) is 6.00. The molecule has 3 heteroatoms. The molecule has 2 N–H and O–H groups in total. The average molecular weight is 211 g/mol. The lowest BCUT2D eigenvalue weighted by atomic mass is 9.75. The minimum Gasteiger partial charge on any atom is -0.370 e. The maximum Gasteiger partial charge on any atom is 0.191 e. The van der Waals surface area contributed by atoms with Crippen molar-refractivity contribution in [3.05, 3.63) is 0 Å². The molecule has 0 aliphatic carbocycles. The number of aliphatic imine (C=N–C) groups is 1. The second-order valence-corrected chi connectivity index (χ2v) is 5.46. The molecule has 1 aliphatic rings. The van der Waals surface area contributed by atoms with Crippen LogP contribution in [-0.4, -0.2) is 30.5 Å². The Morgan fingerprint density at radius 3 is 2.27 bits per heavy atom. The molecule has 0 aromatic heterocycles. The van der Waals surface area contributed by atoms with E-state index in [2.05, 4.69) is 30.7 Å². The molecule has 1 aliphatic heterocycles. The largest absolute Gasteiger partial charge is 0.370 e. The average Bonchev–Trinajstić information content (AvgIpc) is 2.17. The Morgan fingerprint density at radius 2 is 1.87 bits per heavy atom. The highest BCUT2D eigenvalue weighted by molar-refractivity contribution is 5.78. The van der Waals surface area contributed by atoms with E-state index >= 15 is 0 Å². The van der Waals surface area contributed by atoms with Gasteiger partial charge in [-0.25, -0.2) is 0 Å². The van der Waals surface area contributed by atoms with Gasteiger partial charge in [0.25, 0.3) is 0 Å². The van der Waals surface area contributed by atoms with Crippen LogP contribution >= 0.6 is 0 Å². The van der Waals surface area contributed by atoms with Crippen LogP contribution in [0.2, 0.25) is 0 Å². The van der Waals surface area contributed by atoms with Gasteiger partial charge in [-0.15, -0.1) is 0 Å². The topological polar surface area (TPSA) is 41.6 Å². The Kier molecular flexibility index (Phi) is 4.00. The molecule has 1 heterocycles. The van der Waals surface area contributed by atoms with E-state index in [0.717, 1.165) is 31.5 Å². The predicted octanol–water partition coefficient (Wildman–Crippen LogP) is 2.08. The summed E-state index contributed by atoms with van der Waals surface area (Å²) < 4.78 is 0. The molecule has 0 spiro atoms. The molecule has 0 unspecified atom stereocenters. The summed E-state index contributed by atoms with van der Waals surface area (Å²) in [6.45, 7) is 11.9. The molecule has 0 atom stereocenters. The van der Waals surface area contributed by atoms with Gasteiger partial charge in [-0.3, -0.25) is 4.99 Å². The molecule has 88 valence electrons. The maximum absolute atomic E-state index is 5.89. The van der Waals surface area contributed by atoms with E-state index in [0.29, 0.717) is 5.41 Å². The molecule has 0 aromatic rings. The van der Waals surface area contributed by atoms with Crippen LogP contribution in [0.4, 0.5) is 0 Å². The maximum atomic E-state index is 5.89. The lowest BCUT2D eigenvalue weighted by Crippen LogP contribution is -2.44. The zero-order chi connectivity index (χ0) is 11.5. The van der Waals surface area contributed by atoms with Crippen molar-refractivity contribution in [3.63, 3.8) is 0 Å². The van der Waals surface area contributed by atoms with Crippen LogP contribution in [-0.2, 0) is 0 Å². The number of piperidine rings is 1. The summed E-state index contributed by atoms with van der Waals surface area (Å²) in [7, 11) is 0. The SMILES string of the molecule is CCN=C(N)N1CCC(C(C)(C)C)CC1. The summed E-state index contributed by atoms with van der Waals surface area (Å²) in [5.41, 5.74) is 6.32. The molecular formula is C12H25N3. The monoisotopic (exact) mass is 211 g/mol. The van der Waals surface area contributed by atoms with E-state index < -0.39 is 0 Å². The third-order valence-electron chi connectivity index (χ3n) is 3.36. The first-order chi connectivity index (χ1) is 6.95. The summed E-state index contributed by atoms with van der Waals surface area (Å²) in [6, 6.07) is 0. The number of nitrogens with zero attached hydrogens (tertiary/aromatic N) is 2. The summed E-state index contributed by atoms with van der Waals surface area (Å²) in [5, 5.41) is 0. The van der Waals surface area contributed by atoms with Crippen molar-refractivity contribution in [2.24, 2.45) is 22.1 Å². The van der Waals surface area contributed by atoms with Gasteiger partial charge < -0.3 is 10.6 Å². The van der Waals surface area contributed by atoms with Gasteiger partial charge in [-0.2, -0.15) is 0 Å². The first kappa shape index (κ1) is 12.3. The fraction of sp³-hybridized carbons (Fsp3) is 0.917. The van der Waals surface area contributed by atoms with Crippen LogP contribution in [0.5, 0.6) is 0 Å². The van der Waals surface area contributed by atoms with Gasteiger partial charge in [0, 0.05) is 19.6 Å². The van der Waals surface area contributed by atoms with E-state index in [1.54, 1.807) is 0 Å². The molecule has 15 heavy (non-hydrogen) atoms. The van der Waals surface area contributed by atoms with Gasteiger partial charge >= 0.3 is 0 Å². The van der Waals surface area contributed by atoms with E-state index in [9.17, 15) is 0 Å². The van der Waals surface area contributed by atoms with E-state index in [4.69, 9.17) is 5.73 Å². The molecule has 3 nitrogen and oxygen atoms in total. The van der Waals surface area contributed by atoms with Gasteiger partial charge in [0.05, 0.1) is 0 Å². The van der Waals surface area contributed by atoms with Crippen LogP contribution in [0.3, 0.4) is 0 Å². The Balaban J connectivity index is 2.46. The molecular weight excluding hydrogens is 186 g/mol. The smallest absolute Gasteiger partial charge is 0.191 e. The molecule has 0 amide bonds. The molecule has 0 radical (unpaired) electrons. The third-order valence-corrected chi connectivity index (χ3v) is 3.36. The second kappa shape index (κ2) is 4.86. The van der Waals surface area contributed by atoms with Gasteiger partial charge in [0.2, 0.25) is 0 Å². The Hall–Kier alpha value is -0.730. The summed E-state index contributed by atoms with van der Waals surface area (Å²) in [4.78, 5) is 6.47. The van der Waals surface area contributed by atoms with Gasteiger partial charge in [0.1, 0.15) is 0 Å². The van der Waals surface area contributed by atoms with E-state index in [1.165, 1.54) is 12.8 Å². The van der Waals surface area contributed by atoms with E-state index in [-0.39, 0.29) is 0 Å². The minimum atomic E-state index is 0.433. The van der Waals surface area contributed by atoms with Crippen LogP contribution in [0, 0.1) is 11.3 Å². The van der Waals surface area contributed by atoms with Gasteiger partial charge in [-0.1, -0.05) is 20.8 Å². The number of hydrogen-bond donors (Lipinski definition) is 1. The van der Waals surface area contributed by atoms with Crippen molar-refractivity contribution < 1.29 is 0 Å². The summed E-state index contributed by atoms with van der Waals surface area (Å²) in [5.74, 6) is 1.55. The van der Waals surface area contributed by atoms with Crippen molar-refractivity contribution in [1.29, 1.82) is 0 Å². The summed E-state index contributed by atoms with van der Waals surface area (Å²) >= 11 is 0. The Morgan fingerprint density at radius 1 is 1.33 bits per heavy atom. The molecule has 0 bridgehead atoms. The van der Waals surface area contributed by atoms with Gasteiger partial charge in [0.15, 0.2) is 5.96 Å². The predicted molar refractivity (Wildman–Crippen MR) is 65.9 cm³/mol. The highest BCUT2D eigenvalue weighted by Crippen LogP contribution is 2.34. The van der Waals surface area contributed by atoms with Crippen LogP contribution in [0.25, 0.3) is 0 Å². The standard InChI is InChI=1S/C12H25N3/c1-5-14-11(13)15-8-6-10(7-9-15)12(2,3)4/h10H,5-9H2,1-4H3,(H2,13,14). The molecule has 1 saturated heterocycles. The normalized spacial score (nSPS) is 20.8. The number of nitrogens with two attached hydrogens (primary N) is 1. The number of rotatable bonds is 1. The van der Waals surface area contributed by atoms with Crippen molar-refractivity contribution in [2.45, 2.75) is 40.5 Å². The van der Waals surface area contributed by atoms with Crippen molar-refractivity contribution in [1.82, 2.24) is 4.90 Å². The second-order valence-electron chi connectivity index (χ2n) is 5.46. The zero-order valence-electron chi connectivity index (χ0n) is 10.6. The summed E-state index contributed by atoms with van der Waals surface area (Å²) in [6.07, 6.45) is 2.48. The van der Waals surface area contributed by atoms with Crippen molar-refractivity contribution in [2.75, 3.05) is 19.6 Å². The highest BCUT2D eigenvalue weighted by Gasteiger charge is 2.29. The Labute approximate surface area is 93.7 Å².